The van der Waals surface area contributed by atoms with Gasteiger partial charge in [-0.05, 0) is 12.8 Å². The van der Waals surface area contributed by atoms with Gasteiger partial charge in [-0.3, -0.25) is 0 Å². The van der Waals surface area contributed by atoms with E-state index >= 15 is 0 Å². The van der Waals surface area contributed by atoms with Crippen molar-refractivity contribution in [2.45, 2.75) is 51.1 Å². The summed E-state index contributed by atoms with van der Waals surface area (Å²) < 4.78 is 1.40. The van der Waals surface area contributed by atoms with Crippen LogP contribution in [0.2, 0.25) is 0 Å². The van der Waals surface area contributed by atoms with Gasteiger partial charge in [0.25, 0.3) is 0 Å². The second-order valence-corrected chi connectivity index (χ2v) is 5.26. The van der Waals surface area contributed by atoms with Crippen molar-refractivity contribution in [2.75, 3.05) is 6.54 Å². The molecule has 0 saturated heterocycles. The van der Waals surface area contributed by atoms with E-state index in [2.05, 4.69) is 20.9 Å². The van der Waals surface area contributed by atoms with E-state index in [4.69, 9.17) is 5.11 Å². The first-order valence-electron chi connectivity index (χ1n) is 7.33. The van der Waals surface area contributed by atoms with Crippen molar-refractivity contribution < 1.29 is 14.7 Å². The summed E-state index contributed by atoms with van der Waals surface area (Å²) in [6.07, 6.45) is 8.25. The fraction of sp³-hybridized carbons (Fsp3) is 0.692. The van der Waals surface area contributed by atoms with Crippen LogP contribution < -0.4 is 10.6 Å². The Kier molecular flexibility index (Phi) is 5.53. The van der Waals surface area contributed by atoms with Crippen molar-refractivity contribution in [1.82, 2.24) is 25.6 Å². The number of rotatable bonds is 5. The first-order valence-corrected chi connectivity index (χ1v) is 7.33. The largest absolute Gasteiger partial charge is 0.476 e. The monoisotopic (exact) mass is 295 g/mol. The van der Waals surface area contributed by atoms with Crippen molar-refractivity contribution in [3.8, 4) is 0 Å². The van der Waals surface area contributed by atoms with Gasteiger partial charge in [-0.15, -0.1) is 5.10 Å². The minimum absolute atomic E-state index is 0.0992. The van der Waals surface area contributed by atoms with E-state index in [0.717, 1.165) is 12.8 Å². The lowest BCUT2D eigenvalue weighted by molar-refractivity contribution is 0.0690. The van der Waals surface area contributed by atoms with Gasteiger partial charge < -0.3 is 15.7 Å². The van der Waals surface area contributed by atoms with E-state index in [1.165, 1.54) is 36.6 Å². The van der Waals surface area contributed by atoms with Crippen LogP contribution in [0.4, 0.5) is 4.79 Å². The highest BCUT2D eigenvalue weighted by molar-refractivity contribution is 5.84. The van der Waals surface area contributed by atoms with Crippen molar-refractivity contribution in [1.29, 1.82) is 0 Å². The van der Waals surface area contributed by atoms with Crippen LogP contribution in [0.1, 0.15) is 49.0 Å². The van der Waals surface area contributed by atoms with Gasteiger partial charge in [-0.1, -0.05) is 30.9 Å². The number of carboxylic acid groups (broad SMARTS) is 1. The molecule has 21 heavy (non-hydrogen) atoms. The number of carboxylic acids is 1. The highest BCUT2D eigenvalue weighted by atomic mass is 16.4. The average Bonchev–Trinajstić information content (AvgIpc) is 2.77. The molecule has 1 aromatic rings. The first kappa shape index (κ1) is 15.3. The van der Waals surface area contributed by atoms with Crippen molar-refractivity contribution in [3.05, 3.63) is 11.9 Å². The number of carbonyl (C=O) groups is 2. The van der Waals surface area contributed by atoms with Crippen LogP contribution in [-0.2, 0) is 6.54 Å². The van der Waals surface area contributed by atoms with Crippen LogP contribution in [0.25, 0.3) is 0 Å². The molecule has 1 saturated carbocycles. The van der Waals surface area contributed by atoms with Gasteiger partial charge >= 0.3 is 12.0 Å². The number of carbonyl (C=O) groups excluding carboxylic acids is 1. The Morgan fingerprint density at radius 2 is 2.00 bits per heavy atom. The molecule has 0 radical (unpaired) electrons. The normalized spacial score (nSPS) is 16.2. The van der Waals surface area contributed by atoms with E-state index in [1.807, 2.05) is 0 Å². The summed E-state index contributed by atoms with van der Waals surface area (Å²) >= 11 is 0. The molecule has 0 bridgehead atoms. The van der Waals surface area contributed by atoms with Gasteiger partial charge in [-0.25, -0.2) is 14.3 Å². The molecule has 8 nitrogen and oxygen atoms in total. The Labute approximate surface area is 122 Å². The number of hydrogen-bond acceptors (Lipinski definition) is 4. The second kappa shape index (κ2) is 7.61. The molecular weight excluding hydrogens is 274 g/mol. The summed E-state index contributed by atoms with van der Waals surface area (Å²) in [6, 6.07) is 0.0814. The Bertz CT molecular complexity index is 480. The maximum atomic E-state index is 11.8. The molecule has 0 aromatic carbocycles. The SMILES string of the molecule is O=C(NCCn1cc(C(=O)O)nn1)NC1CCCCCC1. The molecule has 0 spiro atoms. The minimum atomic E-state index is -1.11. The maximum Gasteiger partial charge on any atom is 0.358 e. The summed E-state index contributed by atoms with van der Waals surface area (Å²) in [5.74, 6) is -1.11. The standard InChI is InChI=1S/C13H21N5O3/c19-12(20)11-9-18(17-16-11)8-7-14-13(21)15-10-5-3-1-2-4-6-10/h9-10H,1-8H2,(H,19,20)(H2,14,15,21). The molecular formula is C13H21N5O3. The first-order chi connectivity index (χ1) is 10.1. The van der Waals surface area contributed by atoms with Crippen LogP contribution in [0, 0.1) is 0 Å². The third-order valence-electron chi connectivity index (χ3n) is 3.57. The maximum absolute atomic E-state index is 11.8. The smallest absolute Gasteiger partial charge is 0.358 e. The van der Waals surface area contributed by atoms with Crippen molar-refractivity contribution in [3.63, 3.8) is 0 Å². The van der Waals surface area contributed by atoms with E-state index in [0.29, 0.717) is 13.1 Å². The predicted molar refractivity (Wildman–Crippen MR) is 75.0 cm³/mol. The zero-order chi connectivity index (χ0) is 15.1. The zero-order valence-corrected chi connectivity index (χ0v) is 11.9. The zero-order valence-electron chi connectivity index (χ0n) is 11.9. The van der Waals surface area contributed by atoms with E-state index < -0.39 is 5.97 Å². The number of urea groups is 1. The molecule has 1 aliphatic rings. The lowest BCUT2D eigenvalue weighted by atomic mass is 10.1. The molecule has 2 amide bonds. The van der Waals surface area contributed by atoms with E-state index in [9.17, 15) is 9.59 Å². The Morgan fingerprint density at radius 3 is 2.62 bits per heavy atom. The molecule has 1 aromatic heterocycles. The quantitative estimate of drug-likeness (QED) is 0.702. The average molecular weight is 295 g/mol. The lowest BCUT2D eigenvalue weighted by Gasteiger charge is -2.16. The number of aromatic carboxylic acids is 1. The molecule has 1 fully saturated rings. The number of aromatic nitrogens is 3. The minimum Gasteiger partial charge on any atom is -0.476 e. The van der Waals surface area contributed by atoms with E-state index in [-0.39, 0.29) is 17.8 Å². The highest BCUT2D eigenvalue weighted by Gasteiger charge is 2.14. The Hall–Kier alpha value is -2.12. The van der Waals surface area contributed by atoms with Gasteiger partial charge in [0, 0.05) is 12.6 Å². The Morgan fingerprint density at radius 1 is 1.29 bits per heavy atom. The van der Waals surface area contributed by atoms with Crippen LogP contribution in [0.5, 0.6) is 0 Å². The molecule has 0 unspecified atom stereocenters. The third-order valence-corrected chi connectivity index (χ3v) is 3.57. The molecule has 1 heterocycles. The molecule has 1 aliphatic carbocycles. The van der Waals surface area contributed by atoms with Gasteiger partial charge in [0.2, 0.25) is 0 Å². The van der Waals surface area contributed by atoms with E-state index in [1.54, 1.807) is 0 Å². The molecule has 3 N–H and O–H groups in total. The molecule has 116 valence electrons. The lowest BCUT2D eigenvalue weighted by Crippen LogP contribution is -2.42. The fourth-order valence-electron chi connectivity index (χ4n) is 2.45. The van der Waals surface area contributed by atoms with Crippen LogP contribution in [0.3, 0.4) is 0 Å². The number of nitrogens with one attached hydrogen (secondary N) is 2. The molecule has 0 aliphatic heterocycles. The van der Waals surface area contributed by atoms with Crippen LogP contribution in [-0.4, -0.2) is 44.7 Å². The summed E-state index contributed by atoms with van der Waals surface area (Å²) in [5.41, 5.74) is -0.0992. The highest BCUT2D eigenvalue weighted by Crippen LogP contribution is 2.16. The predicted octanol–water partition coefficient (Wildman–Crippen LogP) is 0.998. The second-order valence-electron chi connectivity index (χ2n) is 5.26. The summed E-state index contributed by atoms with van der Waals surface area (Å²) in [5, 5.41) is 21.6. The number of hydrogen-bond donors (Lipinski definition) is 3. The van der Waals surface area contributed by atoms with Gasteiger partial charge in [-0.2, -0.15) is 0 Å². The van der Waals surface area contributed by atoms with Crippen LogP contribution in [0.15, 0.2) is 6.20 Å². The summed E-state index contributed by atoms with van der Waals surface area (Å²) in [6.45, 7) is 0.763. The topological polar surface area (TPSA) is 109 Å². The fourth-order valence-corrected chi connectivity index (χ4v) is 2.45. The van der Waals surface area contributed by atoms with Gasteiger partial charge in [0.15, 0.2) is 5.69 Å². The summed E-state index contributed by atoms with van der Waals surface area (Å²) in [7, 11) is 0. The molecule has 2 rings (SSSR count). The summed E-state index contributed by atoms with van der Waals surface area (Å²) in [4.78, 5) is 22.4. The molecule has 0 atom stereocenters. The molecule has 8 heteroatoms. The van der Waals surface area contributed by atoms with Gasteiger partial charge in [0.05, 0.1) is 12.7 Å². The van der Waals surface area contributed by atoms with Crippen molar-refractivity contribution >= 4 is 12.0 Å². The Balaban J connectivity index is 1.67. The third kappa shape index (κ3) is 5.05. The van der Waals surface area contributed by atoms with Crippen LogP contribution >= 0.6 is 0 Å². The number of nitrogens with zero attached hydrogens (tertiary/aromatic N) is 3. The van der Waals surface area contributed by atoms with Crippen molar-refractivity contribution in [2.24, 2.45) is 0 Å². The van der Waals surface area contributed by atoms with Gasteiger partial charge in [0.1, 0.15) is 0 Å². The number of amides is 2.